The Kier molecular flexibility index (Phi) is 4.35. The van der Waals surface area contributed by atoms with Gasteiger partial charge in [-0.25, -0.2) is 13.8 Å². The second-order valence-corrected chi connectivity index (χ2v) is 3.93. The standard InChI is InChI=1S/C12H14F2N4/c13-10-4-1-3-9(12(10)14)7-15-6-2-5-11-16-8-17-18-11/h1,3-4,8,15H,2,5-7H2,(H,16,17,18). The van der Waals surface area contributed by atoms with Crippen LogP contribution in [0.15, 0.2) is 24.5 Å². The normalized spacial score (nSPS) is 10.8. The molecule has 1 aromatic heterocycles. The van der Waals surface area contributed by atoms with Gasteiger partial charge in [-0.15, -0.1) is 0 Å². The molecule has 0 saturated carbocycles. The van der Waals surface area contributed by atoms with E-state index in [1.807, 2.05) is 0 Å². The number of H-pyrrole nitrogens is 1. The van der Waals surface area contributed by atoms with Gasteiger partial charge in [-0.2, -0.15) is 5.10 Å². The number of nitrogens with zero attached hydrogens (tertiary/aromatic N) is 2. The Morgan fingerprint density at radius 3 is 2.94 bits per heavy atom. The minimum atomic E-state index is -0.809. The Hall–Kier alpha value is -1.82. The number of halogens is 2. The third-order valence-electron chi connectivity index (χ3n) is 2.58. The summed E-state index contributed by atoms with van der Waals surface area (Å²) in [6.45, 7) is 1.02. The first-order chi connectivity index (χ1) is 8.77. The zero-order valence-electron chi connectivity index (χ0n) is 9.79. The van der Waals surface area contributed by atoms with Crippen molar-refractivity contribution >= 4 is 0 Å². The fourth-order valence-corrected chi connectivity index (χ4v) is 1.64. The number of aryl methyl sites for hydroxylation is 1. The molecule has 0 aliphatic carbocycles. The molecule has 0 saturated heterocycles. The number of hydrogen-bond donors (Lipinski definition) is 2. The Labute approximate surface area is 103 Å². The SMILES string of the molecule is Fc1cccc(CNCCCc2ncn[nH]2)c1F. The van der Waals surface area contributed by atoms with E-state index in [0.29, 0.717) is 18.7 Å². The molecule has 0 aliphatic rings. The van der Waals surface area contributed by atoms with Gasteiger partial charge in [-0.05, 0) is 19.0 Å². The van der Waals surface area contributed by atoms with Gasteiger partial charge in [0.25, 0.3) is 0 Å². The van der Waals surface area contributed by atoms with Crippen LogP contribution < -0.4 is 5.32 Å². The Balaban J connectivity index is 1.70. The highest BCUT2D eigenvalue weighted by Crippen LogP contribution is 2.10. The molecule has 0 unspecified atom stereocenters. The molecule has 0 spiro atoms. The molecule has 96 valence electrons. The monoisotopic (exact) mass is 252 g/mol. The number of rotatable bonds is 6. The molecule has 6 heteroatoms. The molecule has 18 heavy (non-hydrogen) atoms. The van der Waals surface area contributed by atoms with Crippen molar-refractivity contribution in [2.75, 3.05) is 6.54 Å². The summed E-state index contributed by atoms with van der Waals surface area (Å²) in [4.78, 5) is 3.99. The van der Waals surface area contributed by atoms with Crippen LogP contribution in [0, 0.1) is 11.6 Å². The average molecular weight is 252 g/mol. The van der Waals surface area contributed by atoms with Crippen LogP contribution in [0.5, 0.6) is 0 Å². The predicted octanol–water partition coefficient (Wildman–Crippen LogP) is 1.81. The Morgan fingerprint density at radius 2 is 2.17 bits per heavy atom. The summed E-state index contributed by atoms with van der Waals surface area (Å²) < 4.78 is 26.2. The van der Waals surface area contributed by atoms with E-state index in [2.05, 4.69) is 20.5 Å². The Morgan fingerprint density at radius 1 is 1.28 bits per heavy atom. The van der Waals surface area contributed by atoms with E-state index in [1.165, 1.54) is 12.4 Å². The number of aromatic amines is 1. The smallest absolute Gasteiger partial charge is 0.163 e. The fraction of sp³-hybridized carbons (Fsp3) is 0.333. The average Bonchev–Trinajstić information content (AvgIpc) is 2.87. The van der Waals surface area contributed by atoms with E-state index in [-0.39, 0.29) is 0 Å². The van der Waals surface area contributed by atoms with Crippen molar-refractivity contribution in [1.82, 2.24) is 20.5 Å². The number of benzene rings is 1. The molecule has 1 heterocycles. The quantitative estimate of drug-likeness (QED) is 0.771. The van der Waals surface area contributed by atoms with Crippen molar-refractivity contribution in [3.05, 3.63) is 47.5 Å². The van der Waals surface area contributed by atoms with E-state index < -0.39 is 11.6 Å². The highest BCUT2D eigenvalue weighted by atomic mass is 19.2. The van der Waals surface area contributed by atoms with Gasteiger partial charge < -0.3 is 5.32 Å². The lowest BCUT2D eigenvalue weighted by atomic mass is 10.2. The van der Waals surface area contributed by atoms with Crippen molar-refractivity contribution < 1.29 is 8.78 Å². The van der Waals surface area contributed by atoms with Crippen LogP contribution in [-0.2, 0) is 13.0 Å². The van der Waals surface area contributed by atoms with Crippen molar-refractivity contribution in [1.29, 1.82) is 0 Å². The number of hydrogen-bond acceptors (Lipinski definition) is 3. The minimum absolute atomic E-state index is 0.319. The third-order valence-corrected chi connectivity index (χ3v) is 2.58. The van der Waals surface area contributed by atoms with E-state index >= 15 is 0 Å². The molecule has 0 atom stereocenters. The molecule has 0 radical (unpaired) electrons. The Bertz CT molecular complexity index is 485. The summed E-state index contributed by atoms with van der Waals surface area (Å²) in [5.74, 6) is -0.759. The second-order valence-electron chi connectivity index (χ2n) is 3.93. The summed E-state index contributed by atoms with van der Waals surface area (Å²) in [6, 6.07) is 4.19. The van der Waals surface area contributed by atoms with Gasteiger partial charge in [-0.1, -0.05) is 12.1 Å². The summed E-state index contributed by atoms with van der Waals surface area (Å²) in [6.07, 6.45) is 3.09. The van der Waals surface area contributed by atoms with Crippen molar-refractivity contribution in [2.24, 2.45) is 0 Å². The molecule has 2 aromatic rings. The van der Waals surface area contributed by atoms with Gasteiger partial charge in [0.2, 0.25) is 0 Å². The van der Waals surface area contributed by atoms with Gasteiger partial charge in [0, 0.05) is 18.5 Å². The van der Waals surface area contributed by atoms with Crippen LogP contribution >= 0.6 is 0 Å². The lowest BCUT2D eigenvalue weighted by Gasteiger charge is -2.05. The molecule has 2 rings (SSSR count). The van der Waals surface area contributed by atoms with E-state index in [4.69, 9.17) is 0 Å². The van der Waals surface area contributed by atoms with Crippen LogP contribution in [0.2, 0.25) is 0 Å². The molecule has 4 nitrogen and oxygen atoms in total. The van der Waals surface area contributed by atoms with Gasteiger partial charge in [0.1, 0.15) is 12.2 Å². The van der Waals surface area contributed by atoms with Crippen LogP contribution in [0.3, 0.4) is 0 Å². The van der Waals surface area contributed by atoms with Crippen LogP contribution in [-0.4, -0.2) is 21.7 Å². The molecule has 0 bridgehead atoms. The topological polar surface area (TPSA) is 53.6 Å². The summed E-state index contributed by atoms with van der Waals surface area (Å²) in [7, 11) is 0. The molecular formula is C12H14F2N4. The first-order valence-electron chi connectivity index (χ1n) is 5.75. The first kappa shape index (κ1) is 12.6. The summed E-state index contributed by atoms with van der Waals surface area (Å²) >= 11 is 0. The van der Waals surface area contributed by atoms with E-state index in [1.54, 1.807) is 6.07 Å². The molecule has 0 amide bonds. The van der Waals surface area contributed by atoms with Gasteiger partial charge in [0.15, 0.2) is 11.6 Å². The fourth-order valence-electron chi connectivity index (χ4n) is 1.64. The van der Waals surface area contributed by atoms with Crippen LogP contribution in [0.1, 0.15) is 17.8 Å². The zero-order chi connectivity index (χ0) is 12.8. The number of aromatic nitrogens is 3. The van der Waals surface area contributed by atoms with Gasteiger partial charge in [0.05, 0.1) is 0 Å². The van der Waals surface area contributed by atoms with E-state index in [9.17, 15) is 8.78 Å². The molecule has 2 N–H and O–H groups in total. The summed E-state index contributed by atoms with van der Waals surface area (Å²) in [5, 5.41) is 9.57. The van der Waals surface area contributed by atoms with Crippen molar-refractivity contribution in [3.8, 4) is 0 Å². The summed E-state index contributed by atoms with van der Waals surface area (Å²) in [5.41, 5.74) is 0.342. The maximum Gasteiger partial charge on any atom is 0.163 e. The first-order valence-corrected chi connectivity index (χ1v) is 5.75. The molecule has 0 aliphatic heterocycles. The highest BCUT2D eigenvalue weighted by Gasteiger charge is 2.06. The largest absolute Gasteiger partial charge is 0.313 e. The molecule has 1 aromatic carbocycles. The van der Waals surface area contributed by atoms with Crippen molar-refractivity contribution in [2.45, 2.75) is 19.4 Å². The second kappa shape index (κ2) is 6.20. The van der Waals surface area contributed by atoms with Crippen LogP contribution in [0.4, 0.5) is 8.78 Å². The van der Waals surface area contributed by atoms with Crippen LogP contribution in [0.25, 0.3) is 0 Å². The molecular weight excluding hydrogens is 238 g/mol. The minimum Gasteiger partial charge on any atom is -0.313 e. The zero-order valence-corrected chi connectivity index (χ0v) is 9.79. The molecule has 0 fully saturated rings. The lowest BCUT2D eigenvalue weighted by molar-refractivity contribution is 0.492. The van der Waals surface area contributed by atoms with E-state index in [0.717, 1.165) is 24.7 Å². The third kappa shape index (κ3) is 3.33. The highest BCUT2D eigenvalue weighted by molar-refractivity contribution is 5.18. The van der Waals surface area contributed by atoms with Crippen molar-refractivity contribution in [3.63, 3.8) is 0 Å². The number of nitrogens with one attached hydrogen (secondary N) is 2. The van der Waals surface area contributed by atoms with Gasteiger partial charge in [-0.3, -0.25) is 5.10 Å². The maximum absolute atomic E-state index is 13.3. The predicted molar refractivity (Wildman–Crippen MR) is 62.8 cm³/mol. The maximum atomic E-state index is 13.3. The van der Waals surface area contributed by atoms with Gasteiger partial charge >= 0.3 is 0 Å². The lowest BCUT2D eigenvalue weighted by Crippen LogP contribution is -2.16.